The maximum Gasteiger partial charge on any atom is 0.306 e. The monoisotopic (exact) mass is 391 g/mol. The van der Waals surface area contributed by atoms with E-state index in [1.807, 2.05) is 6.07 Å². The Bertz CT molecular complexity index is 1010. The number of fused-ring (bicyclic) bond motifs is 1. The van der Waals surface area contributed by atoms with E-state index in [4.69, 9.17) is 11.0 Å². The van der Waals surface area contributed by atoms with Crippen LogP contribution in [0.5, 0.6) is 0 Å². The largest absolute Gasteiger partial charge is 0.459 e. The highest BCUT2D eigenvalue weighted by Gasteiger charge is 2.66. The lowest BCUT2D eigenvalue weighted by atomic mass is 9.87. The molecule has 0 spiro atoms. The molecule has 0 aromatic carbocycles. The molecule has 1 unspecified atom stereocenters. The predicted octanol–water partition coefficient (Wildman–Crippen LogP) is 2.48. The van der Waals surface area contributed by atoms with E-state index in [9.17, 15) is 13.6 Å². The first kappa shape index (κ1) is 17.6. The highest BCUT2D eigenvalue weighted by Crippen LogP contribution is 2.55. The lowest BCUT2D eigenvalue weighted by Gasteiger charge is -2.37. The number of thiophene rings is 1. The van der Waals surface area contributed by atoms with Crippen molar-refractivity contribution in [2.24, 2.45) is 22.6 Å². The lowest BCUT2D eigenvalue weighted by Crippen LogP contribution is -2.55. The number of carbonyl (C=O) groups is 1. The molecule has 0 radical (unpaired) electrons. The van der Waals surface area contributed by atoms with Gasteiger partial charge >= 0.3 is 5.92 Å². The summed E-state index contributed by atoms with van der Waals surface area (Å²) in [5.41, 5.74) is 5.20. The fraction of sp³-hybridized carbons (Fsp3) is 0.412. The normalized spacial score (nSPS) is 28.7. The number of nitrogens with zero attached hydrogens (tertiary/aromatic N) is 3. The summed E-state index contributed by atoms with van der Waals surface area (Å²) in [4.78, 5) is 20.6. The first-order chi connectivity index (χ1) is 12.7. The van der Waals surface area contributed by atoms with E-state index < -0.39 is 29.9 Å². The number of alkyl halides is 2. The molecule has 3 N–H and O–H groups in total. The lowest BCUT2D eigenvalue weighted by molar-refractivity contribution is -0.127. The summed E-state index contributed by atoms with van der Waals surface area (Å²) in [5, 5.41) is 13.4. The fourth-order valence-electron chi connectivity index (χ4n) is 3.40. The van der Waals surface area contributed by atoms with Crippen LogP contribution in [-0.4, -0.2) is 35.0 Å². The predicted molar refractivity (Wildman–Crippen MR) is 95.5 cm³/mol. The van der Waals surface area contributed by atoms with E-state index in [2.05, 4.69) is 20.0 Å². The van der Waals surface area contributed by atoms with Crippen LogP contribution in [0.4, 0.5) is 14.5 Å². The molecule has 2 aliphatic rings. The van der Waals surface area contributed by atoms with Gasteiger partial charge in [-0.15, -0.1) is 11.3 Å². The Morgan fingerprint density at radius 1 is 1.56 bits per heavy atom. The zero-order chi connectivity index (χ0) is 19.4. The van der Waals surface area contributed by atoms with Crippen molar-refractivity contribution in [2.75, 3.05) is 11.9 Å². The number of ether oxygens (including phenoxy) is 1. The molecule has 4 rings (SSSR count). The van der Waals surface area contributed by atoms with Gasteiger partial charge in [0, 0.05) is 23.4 Å². The molecule has 1 aliphatic carbocycles. The number of nitrogens with two attached hydrogens (primary N) is 1. The Labute approximate surface area is 156 Å². The number of aliphatic imine (C=N–C) groups is 1. The summed E-state index contributed by atoms with van der Waals surface area (Å²) in [5.74, 6) is -4.79. The molecule has 0 bridgehead atoms. The molecule has 3 atom stereocenters. The second-order valence-corrected chi connectivity index (χ2v) is 7.77. The summed E-state index contributed by atoms with van der Waals surface area (Å²) in [6.07, 6.45) is 1.72. The van der Waals surface area contributed by atoms with E-state index in [1.165, 1.54) is 24.5 Å². The van der Waals surface area contributed by atoms with Crippen LogP contribution in [-0.2, 0) is 9.53 Å². The number of pyridine rings is 1. The average Bonchev–Trinajstić information content (AvgIpc) is 3.36. The molecule has 7 nitrogen and oxygen atoms in total. The number of amidine groups is 1. The minimum absolute atomic E-state index is 0.282. The Kier molecular flexibility index (Phi) is 3.82. The van der Waals surface area contributed by atoms with Crippen molar-refractivity contribution in [1.82, 2.24) is 4.98 Å². The standard InChI is InChI=1S/C17H15F2N5O2S/c1-16(17(18,19)7-26-15(21)24-16)10-3-9(10)14(25)23-11-6-27-12-2-8(4-20)5-22-13(11)12/h2,5-6,9-10H,3,7H2,1H3,(H2,21,24)(H,23,25)/t9-,10?,16-/m1/s1. The molecule has 1 aliphatic heterocycles. The van der Waals surface area contributed by atoms with Gasteiger partial charge in [-0.05, 0) is 19.4 Å². The summed E-state index contributed by atoms with van der Waals surface area (Å²) < 4.78 is 34.1. The maximum absolute atomic E-state index is 14.4. The van der Waals surface area contributed by atoms with E-state index in [0.29, 0.717) is 23.2 Å². The van der Waals surface area contributed by atoms with Gasteiger partial charge in [0.25, 0.3) is 6.02 Å². The van der Waals surface area contributed by atoms with E-state index in [0.717, 1.165) is 4.70 Å². The number of amides is 1. The van der Waals surface area contributed by atoms with Gasteiger partial charge in [-0.1, -0.05) is 0 Å². The van der Waals surface area contributed by atoms with Crippen LogP contribution >= 0.6 is 11.3 Å². The highest BCUT2D eigenvalue weighted by molar-refractivity contribution is 7.17. The summed E-state index contributed by atoms with van der Waals surface area (Å²) in [6.45, 7) is 0.468. The minimum Gasteiger partial charge on any atom is -0.459 e. The Morgan fingerprint density at radius 3 is 3.07 bits per heavy atom. The van der Waals surface area contributed by atoms with Crippen molar-refractivity contribution in [1.29, 1.82) is 5.26 Å². The number of nitrogens with one attached hydrogen (secondary N) is 1. The second kappa shape index (κ2) is 5.85. The first-order valence-electron chi connectivity index (χ1n) is 8.19. The van der Waals surface area contributed by atoms with Crippen molar-refractivity contribution < 1.29 is 18.3 Å². The quantitative estimate of drug-likeness (QED) is 0.834. The summed E-state index contributed by atoms with van der Waals surface area (Å²) in [6, 6.07) is 3.41. The van der Waals surface area contributed by atoms with Gasteiger partial charge in [-0.2, -0.15) is 5.26 Å². The number of anilines is 1. The molecule has 10 heteroatoms. The van der Waals surface area contributed by atoms with E-state index in [-0.39, 0.29) is 11.9 Å². The van der Waals surface area contributed by atoms with Crippen LogP contribution in [0.3, 0.4) is 0 Å². The molecule has 2 aromatic rings. The third kappa shape index (κ3) is 2.78. The van der Waals surface area contributed by atoms with Crippen molar-refractivity contribution in [2.45, 2.75) is 24.8 Å². The van der Waals surface area contributed by atoms with E-state index >= 15 is 0 Å². The van der Waals surface area contributed by atoms with Gasteiger partial charge in [0.2, 0.25) is 5.91 Å². The van der Waals surface area contributed by atoms with Crippen LogP contribution < -0.4 is 11.1 Å². The van der Waals surface area contributed by atoms with Crippen molar-refractivity contribution in [3.05, 3.63) is 23.2 Å². The Morgan fingerprint density at radius 2 is 2.33 bits per heavy atom. The van der Waals surface area contributed by atoms with Gasteiger partial charge < -0.3 is 15.8 Å². The topological polar surface area (TPSA) is 113 Å². The number of rotatable bonds is 3. The second-order valence-electron chi connectivity index (χ2n) is 6.86. The van der Waals surface area contributed by atoms with Crippen LogP contribution in [0.25, 0.3) is 10.2 Å². The van der Waals surface area contributed by atoms with Crippen LogP contribution in [0, 0.1) is 23.2 Å². The summed E-state index contributed by atoms with van der Waals surface area (Å²) in [7, 11) is 0. The molecular weight excluding hydrogens is 376 g/mol. The molecule has 0 saturated heterocycles. The number of aromatic nitrogens is 1. The average molecular weight is 391 g/mol. The highest BCUT2D eigenvalue weighted by atomic mass is 32.1. The molecular formula is C17H15F2N5O2S. The SMILES string of the molecule is C[C@]1(C2C[C@H]2C(=O)Nc2csc3cc(C#N)cnc23)N=C(N)OCC1(F)F. The molecule has 1 fully saturated rings. The molecule has 2 aromatic heterocycles. The number of carbonyl (C=O) groups excluding carboxylic acids is 1. The van der Waals surface area contributed by atoms with Gasteiger partial charge in [0.05, 0.1) is 16.0 Å². The third-order valence-electron chi connectivity index (χ3n) is 5.13. The smallest absolute Gasteiger partial charge is 0.306 e. The number of hydrogen-bond acceptors (Lipinski definition) is 7. The zero-order valence-corrected chi connectivity index (χ0v) is 15.0. The van der Waals surface area contributed by atoms with Crippen LogP contribution in [0.15, 0.2) is 22.6 Å². The van der Waals surface area contributed by atoms with Crippen LogP contribution in [0.2, 0.25) is 0 Å². The molecule has 1 amide bonds. The molecule has 27 heavy (non-hydrogen) atoms. The number of halogens is 2. The molecule has 140 valence electrons. The van der Waals surface area contributed by atoms with Crippen LogP contribution in [0.1, 0.15) is 18.9 Å². The van der Waals surface area contributed by atoms with Crippen molar-refractivity contribution in [3.63, 3.8) is 0 Å². The molecule has 1 saturated carbocycles. The Balaban J connectivity index is 1.53. The van der Waals surface area contributed by atoms with E-state index in [1.54, 1.807) is 11.4 Å². The van der Waals surface area contributed by atoms with Crippen molar-refractivity contribution in [3.8, 4) is 6.07 Å². The zero-order valence-electron chi connectivity index (χ0n) is 14.2. The van der Waals surface area contributed by atoms with Gasteiger partial charge in [0.1, 0.15) is 17.1 Å². The Hall–Kier alpha value is -2.80. The van der Waals surface area contributed by atoms with Gasteiger partial charge in [-0.3, -0.25) is 9.78 Å². The summed E-state index contributed by atoms with van der Waals surface area (Å²) >= 11 is 1.34. The third-order valence-corrected chi connectivity index (χ3v) is 6.05. The number of nitriles is 1. The fourth-order valence-corrected chi connectivity index (χ4v) is 4.29. The molecule has 3 heterocycles. The van der Waals surface area contributed by atoms with Gasteiger partial charge in [0.15, 0.2) is 6.61 Å². The van der Waals surface area contributed by atoms with Gasteiger partial charge in [-0.25, -0.2) is 13.8 Å². The maximum atomic E-state index is 14.4. The van der Waals surface area contributed by atoms with Crippen molar-refractivity contribution >= 4 is 39.2 Å². The minimum atomic E-state index is -3.21. The first-order valence-corrected chi connectivity index (χ1v) is 9.07. The number of hydrogen-bond donors (Lipinski definition) is 2.